The number of aliphatic hydroxyl groups is 2. The molecule has 2 aliphatic heterocycles. The Morgan fingerprint density at radius 2 is 1.76 bits per heavy atom. The van der Waals surface area contributed by atoms with Crippen LogP contribution in [0.4, 0.5) is 0 Å². The van der Waals surface area contributed by atoms with Gasteiger partial charge in [-0.2, -0.15) is 0 Å². The standard InChI is InChI=1S/C10H20B2O5/c11-9-1-5(14)8(17-9)4-15-6-2-10(12)16-7(6)3-13/h5-10,13-14H,1-4,11-12H2/t5?,6?,7-,8-,9-,10-/m1/s1. The lowest BCUT2D eigenvalue weighted by atomic mass is 9.96. The van der Waals surface area contributed by atoms with Gasteiger partial charge in [0.05, 0.1) is 25.4 Å². The first-order chi connectivity index (χ1) is 8.10. The molecule has 0 radical (unpaired) electrons. The third-order valence-electron chi connectivity index (χ3n) is 3.45. The Bertz CT molecular complexity index is 255. The highest BCUT2D eigenvalue weighted by Gasteiger charge is 2.36. The van der Waals surface area contributed by atoms with Crippen molar-refractivity contribution in [2.75, 3.05) is 13.2 Å². The highest BCUT2D eigenvalue weighted by atomic mass is 16.6. The maximum atomic E-state index is 9.72. The smallest absolute Gasteiger partial charge is 0.139 e. The van der Waals surface area contributed by atoms with Crippen LogP contribution in [0.25, 0.3) is 0 Å². The molecule has 0 aromatic heterocycles. The van der Waals surface area contributed by atoms with Crippen LogP contribution in [-0.2, 0) is 14.2 Å². The van der Waals surface area contributed by atoms with Crippen LogP contribution in [0.5, 0.6) is 0 Å². The van der Waals surface area contributed by atoms with Crippen LogP contribution < -0.4 is 0 Å². The quantitative estimate of drug-likeness (QED) is 0.522. The maximum absolute atomic E-state index is 9.72. The third-order valence-corrected chi connectivity index (χ3v) is 3.45. The van der Waals surface area contributed by atoms with Crippen molar-refractivity contribution in [2.45, 2.75) is 49.3 Å². The maximum Gasteiger partial charge on any atom is 0.139 e. The van der Waals surface area contributed by atoms with Crippen LogP contribution in [0.3, 0.4) is 0 Å². The molecule has 2 saturated heterocycles. The van der Waals surface area contributed by atoms with Crippen LogP contribution in [0.1, 0.15) is 12.8 Å². The minimum atomic E-state index is -0.447. The molecule has 17 heavy (non-hydrogen) atoms. The van der Waals surface area contributed by atoms with Crippen LogP contribution in [0.15, 0.2) is 0 Å². The Kier molecular flexibility index (Phi) is 4.49. The largest absolute Gasteiger partial charge is 0.394 e. The monoisotopic (exact) mass is 242 g/mol. The lowest BCUT2D eigenvalue weighted by Crippen LogP contribution is -2.34. The first-order valence-corrected chi connectivity index (χ1v) is 6.31. The second kappa shape index (κ2) is 5.71. The van der Waals surface area contributed by atoms with Crippen LogP contribution in [-0.4, -0.2) is 75.5 Å². The molecular formula is C10H20B2O5. The zero-order valence-corrected chi connectivity index (χ0v) is 10.4. The number of rotatable bonds is 4. The van der Waals surface area contributed by atoms with Gasteiger partial charge in [0.25, 0.3) is 0 Å². The summed E-state index contributed by atoms with van der Waals surface area (Å²) >= 11 is 0. The third kappa shape index (κ3) is 3.23. The van der Waals surface area contributed by atoms with Gasteiger partial charge in [-0.3, -0.25) is 0 Å². The van der Waals surface area contributed by atoms with Gasteiger partial charge >= 0.3 is 0 Å². The molecule has 7 heteroatoms. The van der Waals surface area contributed by atoms with Crippen molar-refractivity contribution >= 4 is 15.7 Å². The van der Waals surface area contributed by atoms with Crippen molar-refractivity contribution in [3.8, 4) is 0 Å². The molecule has 2 N–H and O–H groups in total. The van der Waals surface area contributed by atoms with Gasteiger partial charge in [-0.25, -0.2) is 0 Å². The predicted molar refractivity (Wildman–Crippen MR) is 66.5 cm³/mol. The first kappa shape index (κ1) is 13.4. The molecule has 0 spiro atoms. The van der Waals surface area contributed by atoms with E-state index < -0.39 is 6.10 Å². The molecule has 0 saturated carbocycles. The molecule has 2 fully saturated rings. The predicted octanol–water partition coefficient (Wildman–Crippen LogP) is -2.78. The molecule has 2 aliphatic rings. The van der Waals surface area contributed by atoms with E-state index in [-0.39, 0.29) is 36.9 Å². The molecule has 6 atom stereocenters. The van der Waals surface area contributed by atoms with E-state index in [2.05, 4.69) is 0 Å². The Morgan fingerprint density at radius 3 is 2.35 bits per heavy atom. The van der Waals surface area contributed by atoms with E-state index >= 15 is 0 Å². The van der Waals surface area contributed by atoms with Gasteiger partial charge in [0.15, 0.2) is 0 Å². The zero-order chi connectivity index (χ0) is 12.4. The molecule has 0 aliphatic carbocycles. The molecule has 0 aromatic carbocycles. The molecule has 96 valence electrons. The molecule has 0 amide bonds. The molecule has 2 rings (SSSR count). The summed E-state index contributed by atoms with van der Waals surface area (Å²) in [6, 6.07) is 0.205. The summed E-state index contributed by atoms with van der Waals surface area (Å²) < 4.78 is 16.8. The fourth-order valence-electron chi connectivity index (χ4n) is 2.56. The van der Waals surface area contributed by atoms with Crippen LogP contribution >= 0.6 is 0 Å². The second-order valence-corrected chi connectivity index (χ2v) is 5.06. The second-order valence-electron chi connectivity index (χ2n) is 5.06. The van der Waals surface area contributed by atoms with Gasteiger partial charge in [0.1, 0.15) is 27.9 Å². The Balaban J connectivity index is 1.78. The summed E-state index contributed by atoms with van der Waals surface area (Å²) in [7, 11) is 3.91. The summed E-state index contributed by atoms with van der Waals surface area (Å²) in [5.41, 5.74) is 0. The Morgan fingerprint density at radius 1 is 1.12 bits per heavy atom. The first-order valence-electron chi connectivity index (χ1n) is 6.31. The minimum Gasteiger partial charge on any atom is -0.394 e. The number of aliphatic hydroxyl groups excluding tert-OH is 2. The summed E-state index contributed by atoms with van der Waals surface area (Å²) in [6.07, 6.45) is 0.402. The molecule has 5 nitrogen and oxygen atoms in total. The van der Waals surface area contributed by atoms with E-state index in [0.717, 1.165) is 6.42 Å². The van der Waals surface area contributed by atoms with E-state index in [9.17, 15) is 5.11 Å². The van der Waals surface area contributed by atoms with Crippen molar-refractivity contribution in [1.82, 2.24) is 0 Å². The number of hydrogen-bond acceptors (Lipinski definition) is 5. The fourth-order valence-corrected chi connectivity index (χ4v) is 2.56. The summed E-state index contributed by atoms with van der Waals surface area (Å²) in [5.74, 6) is 0. The van der Waals surface area contributed by atoms with E-state index in [1.54, 1.807) is 0 Å². The van der Waals surface area contributed by atoms with Gasteiger partial charge in [-0.05, 0) is 12.8 Å². The molecule has 2 unspecified atom stereocenters. The van der Waals surface area contributed by atoms with Crippen LogP contribution in [0, 0.1) is 0 Å². The lowest BCUT2D eigenvalue weighted by Gasteiger charge is -2.21. The van der Waals surface area contributed by atoms with Gasteiger partial charge < -0.3 is 24.4 Å². The zero-order valence-electron chi connectivity index (χ0n) is 10.4. The van der Waals surface area contributed by atoms with Crippen molar-refractivity contribution in [3.63, 3.8) is 0 Å². The van der Waals surface area contributed by atoms with Crippen molar-refractivity contribution in [2.24, 2.45) is 0 Å². The van der Waals surface area contributed by atoms with Gasteiger partial charge in [-0.1, -0.05) is 0 Å². The lowest BCUT2D eigenvalue weighted by molar-refractivity contribution is -0.0822. The van der Waals surface area contributed by atoms with Gasteiger partial charge in [-0.15, -0.1) is 0 Å². The average molecular weight is 242 g/mol. The minimum absolute atomic E-state index is 0.0283. The van der Waals surface area contributed by atoms with E-state index in [1.165, 1.54) is 0 Å². The van der Waals surface area contributed by atoms with E-state index in [0.29, 0.717) is 13.0 Å². The molecule has 2 heterocycles. The summed E-state index contributed by atoms with van der Waals surface area (Å²) in [6.45, 7) is 0.336. The Hall–Kier alpha value is -0.0701. The average Bonchev–Trinajstić information content (AvgIpc) is 2.78. The number of ether oxygens (including phenoxy) is 3. The normalized spacial score (nSPS) is 46.5. The van der Waals surface area contributed by atoms with Gasteiger partial charge in [0.2, 0.25) is 0 Å². The van der Waals surface area contributed by atoms with Crippen LogP contribution in [0.2, 0.25) is 0 Å². The SMILES string of the molecule is B[C@H]1CC(O)[C@@H](COC2C[C@H](B)O[C@@H]2CO)O1. The molecule has 0 bridgehead atoms. The highest BCUT2D eigenvalue weighted by Crippen LogP contribution is 2.24. The highest BCUT2D eigenvalue weighted by molar-refractivity contribution is 6.11. The molecule has 0 aromatic rings. The number of hydrogen-bond donors (Lipinski definition) is 2. The Labute approximate surface area is 103 Å². The van der Waals surface area contributed by atoms with Gasteiger partial charge in [0, 0.05) is 12.0 Å². The van der Waals surface area contributed by atoms with Crippen molar-refractivity contribution in [1.29, 1.82) is 0 Å². The topological polar surface area (TPSA) is 68.2 Å². The summed E-state index contributed by atoms with van der Waals surface area (Å²) in [5, 5.41) is 18.9. The van der Waals surface area contributed by atoms with E-state index in [1.807, 2.05) is 15.7 Å². The fraction of sp³-hybridized carbons (Fsp3) is 1.00. The van der Waals surface area contributed by atoms with Crippen molar-refractivity contribution in [3.05, 3.63) is 0 Å². The van der Waals surface area contributed by atoms with E-state index in [4.69, 9.17) is 19.3 Å². The summed E-state index contributed by atoms with van der Waals surface area (Å²) in [4.78, 5) is 0. The molecular weight excluding hydrogens is 222 g/mol. The van der Waals surface area contributed by atoms with Crippen molar-refractivity contribution < 1.29 is 24.4 Å².